The quantitative estimate of drug-likeness (QED) is 0.832. The van der Waals surface area contributed by atoms with Gasteiger partial charge in [-0.05, 0) is 25.2 Å². The SMILES string of the molecule is CNCOc1ccc(Cl)cc1-c1ccon1. The molecule has 84 valence electrons. The fraction of sp³-hybridized carbons (Fsp3) is 0.182. The van der Waals surface area contributed by atoms with E-state index in [2.05, 4.69) is 10.5 Å². The van der Waals surface area contributed by atoms with Crippen LogP contribution in [0.3, 0.4) is 0 Å². The molecule has 0 saturated heterocycles. The molecule has 5 heteroatoms. The number of halogens is 1. The Hall–Kier alpha value is -1.52. The summed E-state index contributed by atoms with van der Waals surface area (Å²) in [5, 5.41) is 7.40. The molecule has 1 aromatic heterocycles. The summed E-state index contributed by atoms with van der Waals surface area (Å²) in [6, 6.07) is 7.14. The van der Waals surface area contributed by atoms with Crippen molar-refractivity contribution in [2.75, 3.05) is 13.8 Å². The molecule has 0 bridgehead atoms. The molecule has 0 amide bonds. The summed E-state index contributed by atoms with van der Waals surface area (Å²) in [7, 11) is 1.81. The van der Waals surface area contributed by atoms with Gasteiger partial charge in [-0.1, -0.05) is 16.8 Å². The molecule has 0 unspecified atom stereocenters. The van der Waals surface area contributed by atoms with Gasteiger partial charge in [-0.25, -0.2) is 0 Å². The van der Waals surface area contributed by atoms with Crippen LogP contribution in [-0.2, 0) is 0 Å². The van der Waals surface area contributed by atoms with Crippen LogP contribution in [0.5, 0.6) is 5.75 Å². The lowest BCUT2D eigenvalue weighted by atomic mass is 10.1. The molecule has 0 aliphatic heterocycles. The predicted molar refractivity (Wildman–Crippen MR) is 61.5 cm³/mol. The highest BCUT2D eigenvalue weighted by atomic mass is 35.5. The van der Waals surface area contributed by atoms with Gasteiger partial charge in [-0.3, -0.25) is 5.32 Å². The highest BCUT2D eigenvalue weighted by Crippen LogP contribution is 2.31. The molecule has 0 atom stereocenters. The third-order valence-electron chi connectivity index (χ3n) is 2.03. The molecule has 1 aromatic carbocycles. The number of hydrogen-bond donors (Lipinski definition) is 1. The normalized spacial score (nSPS) is 10.4. The Morgan fingerprint density at radius 2 is 2.31 bits per heavy atom. The molecular formula is C11H11ClN2O2. The van der Waals surface area contributed by atoms with Gasteiger partial charge in [0, 0.05) is 16.7 Å². The maximum Gasteiger partial charge on any atom is 0.139 e. The third-order valence-corrected chi connectivity index (χ3v) is 2.26. The molecule has 0 fully saturated rings. The van der Waals surface area contributed by atoms with E-state index in [1.54, 1.807) is 18.2 Å². The zero-order valence-corrected chi connectivity index (χ0v) is 9.49. The van der Waals surface area contributed by atoms with Gasteiger partial charge in [0.25, 0.3) is 0 Å². The topological polar surface area (TPSA) is 47.3 Å². The lowest BCUT2D eigenvalue weighted by molar-refractivity contribution is 0.297. The molecule has 0 aliphatic carbocycles. The first-order chi connectivity index (χ1) is 7.81. The summed E-state index contributed by atoms with van der Waals surface area (Å²) in [6.07, 6.45) is 1.51. The van der Waals surface area contributed by atoms with E-state index >= 15 is 0 Å². The minimum absolute atomic E-state index is 0.423. The zero-order valence-electron chi connectivity index (χ0n) is 8.74. The van der Waals surface area contributed by atoms with Crippen molar-refractivity contribution >= 4 is 11.6 Å². The second-order valence-electron chi connectivity index (χ2n) is 3.17. The predicted octanol–water partition coefficient (Wildman–Crippen LogP) is 2.55. The van der Waals surface area contributed by atoms with Crippen molar-refractivity contribution in [2.45, 2.75) is 0 Å². The van der Waals surface area contributed by atoms with Crippen LogP contribution in [0, 0.1) is 0 Å². The molecule has 2 aromatic rings. The number of rotatable bonds is 4. The van der Waals surface area contributed by atoms with Crippen molar-refractivity contribution in [3.05, 3.63) is 35.6 Å². The molecule has 0 radical (unpaired) electrons. The largest absolute Gasteiger partial charge is 0.478 e. The van der Waals surface area contributed by atoms with Crippen molar-refractivity contribution in [1.82, 2.24) is 10.5 Å². The zero-order chi connectivity index (χ0) is 11.4. The first-order valence-electron chi connectivity index (χ1n) is 4.79. The van der Waals surface area contributed by atoms with Crippen molar-refractivity contribution in [3.8, 4) is 17.0 Å². The van der Waals surface area contributed by atoms with E-state index in [0.717, 1.165) is 5.56 Å². The van der Waals surface area contributed by atoms with Crippen LogP contribution in [0.25, 0.3) is 11.3 Å². The summed E-state index contributed by atoms with van der Waals surface area (Å²) in [6.45, 7) is 0.423. The van der Waals surface area contributed by atoms with Crippen LogP contribution in [0.1, 0.15) is 0 Å². The fourth-order valence-electron chi connectivity index (χ4n) is 1.33. The molecule has 0 aliphatic rings. The average molecular weight is 239 g/mol. The van der Waals surface area contributed by atoms with E-state index in [1.165, 1.54) is 6.26 Å². The highest BCUT2D eigenvalue weighted by molar-refractivity contribution is 6.30. The van der Waals surface area contributed by atoms with E-state index in [0.29, 0.717) is 23.2 Å². The summed E-state index contributed by atoms with van der Waals surface area (Å²) in [4.78, 5) is 0. The number of aromatic nitrogens is 1. The van der Waals surface area contributed by atoms with Crippen molar-refractivity contribution in [3.63, 3.8) is 0 Å². The van der Waals surface area contributed by atoms with Crippen LogP contribution in [-0.4, -0.2) is 18.9 Å². The van der Waals surface area contributed by atoms with E-state index in [4.69, 9.17) is 20.9 Å². The molecule has 0 spiro atoms. The van der Waals surface area contributed by atoms with Gasteiger partial charge in [-0.2, -0.15) is 0 Å². The smallest absolute Gasteiger partial charge is 0.139 e. The number of hydrogen-bond acceptors (Lipinski definition) is 4. The van der Waals surface area contributed by atoms with Crippen molar-refractivity contribution < 1.29 is 9.26 Å². The van der Waals surface area contributed by atoms with Gasteiger partial charge in [0.05, 0.1) is 0 Å². The Kier molecular flexibility index (Phi) is 3.44. The Bertz CT molecular complexity index is 457. The van der Waals surface area contributed by atoms with Gasteiger partial charge in [0.15, 0.2) is 0 Å². The fourth-order valence-corrected chi connectivity index (χ4v) is 1.50. The highest BCUT2D eigenvalue weighted by Gasteiger charge is 2.09. The van der Waals surface area contributed by atoms with Gasteiger partial charge in [0.2, 0.25) is 0 Å². The molecule has 4 nitrogen and oxygen atoms in total. The first-order valence-corrected chi connectivity index (χ1v) is 5.17. The monoisotopic (exact) mass is 238 g/mol. The van der Waals surface area contributed by atoms with Gasteiger partial charge in [0.1, 0.15) is 24.4 Å². The summed E-state index contributed by atoms with van der Waals surface area (Å²) < 4.78 is 10.3. The lowest BCUT2D eigenvalue weighted by Gasteiger charge is -2.09. The van der Waals surface area contributed by atoms with Crippen LogP contribution in [0.2, 0.25) is 5.02 Å². The summed E-state index contributed by atoms with van der Waals surface area (Å²) in [5.74, 6) is 0.715. The second-order valence-corrected chi connectivity index (χ2v) is 3.60. The third kappa shape index (κ3) is 2.35. The minimum atomic E-state index is 0.423. The molecule has 2 rings (SSSR count). The van der Waals surface area contributed by atoms with Gasteiger partial charge < -0.3 is 9.26 Å². The maximum absolute atomic E-state index is 5.94. The van der Waals surface area contributed by atoms with Crippen LogP contribution in [0.15, 0.2) is 35.1 Å². The lowest BCUT2D eigenvalue weighted by Crippen LogP contribution is -2.14. The number of nitrogens with one attached hydrogen (secondary N) is 1. The number of benzene rings is 1. The molecule has 0 saturated carbocycles. The number of ether oxygens (including phenoxy) is 1. The standard InChI is InChI=1S/C11H11ClN2O2/c1-13-7-15-11-3-2-8(12)6-9(11)10-4-5-16-14-10/h2-6,13H,7H2,1H3. The van der Waals surface area contributed by atoms with E-state index in [1.807, 2.05) is 13.1 Å². The van der Waals surface area contributed by atoms with E-state index < -0.39 is 0 Å². The average Bonchev–Trinajstić information content (AvgIpc) is 2.80. The number of nitrogens with zero attached hydrogens (tertiary/aromatic N) is 1. The van der Waals surface area contributed by atoms with Crippen LogP contribution in [0.4, 0.5) is 0 Å². The van der Waals surface area contributed by atoms with Crippen LogP contribution < -0.4 is 10.1 Å². The minimum Gasteiger partial charge on any atom is -0.478 e. The Morgan fingerprint density at radius 1 is 1.44 bits per heavy atom. The maximum atomic E-state index is 5.94. The second kappa shape index (κ2) is 5.01. The molecule has 1 heterocycles. The Morgan fingerprint density at radius 3 is 3.00 bits per heavy atom. The van der Waals surface area contributed by atoms with E-state index in [9.17, 15) is 0 Å². The summed E-state index contributed by atoms with van der Waals surface area (Å²) >= 11 is 5.94. The van der Waals surface area contributed by atoms with Gasteiger partial charge >= 0.3 is 0 Å². The Balaban J connectivity index is 2.37. The van der Waals surface area contributed by atoms with Crippen molar-refractivity contribution in [1.29, 1.82) is 0 Å². The van der Waals surface area contributed by atoms with Crippen LogP contribution >= 0.6 is 11.6 Å². The summed E-state index contributed by atoms with van der Waals surface area (Å²) in [5.41, 5.74) is 1.52. The van der Waals surface area contributed by atoms with E-state index in [-0.39, 0.29) is 0 Å². The molecule has 16 heavy (non-hydrogen) atoms. The van der Waals surface area contributed by atoms with Gasteiger partial charge in [-0.15, -0.1) is 0 Å². The first kappa shape index (κ1) is 11.0. The van der Waals surface area contributed by atoms with Crippen molar-refractivity contribution in [2.24, 2.45) is 0 Å². The molecular weight excluding hydrogens is 228 g/mol. The molecule has 1 N–H and O–H groups in total. The Labute approximate surface area is 98.2 Å².